The van der Waals surface area contributed by atoms with Crippen molar-refractivity contribution in [2.24, 2.45) is 0 Å². The Morgan fingerprint density at radius 2 is 1.73 bits per heavy atom. The Labute approximate surface area is 153 Å². The van der Waals surface area contributed by atoms with Gasteiger partial charge in [0.05, 0.1) is 17.2 Å². The maximum atomic E-state index is 12.4. The summed E-state index contributed by atoms with van der Waals surface area (Å²) in [5, 5.41) is 5.58. The van der Waals surface area contributed by atoms with Crippen molar-refractivity contribution in [3.8, 4) is 5.75 Å². The summed E-state index contributed by atoms with van der Waals surface area (Å²) in [7, 11) is 0. The average molecular weight is 353 g/mol. The number of hydrogen-bond acceptors (Lipinski definition) is 4. The van der Waals surface area contributed by atoms with Crippen molar-refractivity contribution in [1.82, 2.24) is 15.6 Å². The molecule has 0 spiro atoms. The van der Waals surface area contributed by atoms with E-state index in [4.69, 9.17) is 4.74 Å². The molecule has 1 aliphatic carbocycles. The SMILES string of the molecule is O=C(NCCNC(=O)c1ccccc1OC1CCCC1)c1cccnc1. The lowest BCUT2D eigenvalue weighted by molar-refractivity contribution is 0.0923. The smallest absolute Gasteiger partial charge is 0.255 e. The molecule has 1 saturated carbocycles. The molecule has 6 nitrogen and oxygen atoms in total. The molecule has 0 radical (unpaired) electrons. The second-order valence-corrected chi connectivity index (χ2v) is 6.27. The number of carbonyl (C=O) groups excluding carboxylic acids is 2. The van der Waals surface area contributed by atoms with Crippen LogP contribution >= 0.6 is 0 Å². The molecule has 1 aromatic carbocycles. The maximum absolute atomic E-state index is 12.4. The largest absolute Gasteiger partial charge is 0.490 e. The molecule has 6 heteroatoms. The molecule has 136 valence electrons. The number of carbonyl (C=O) groups is 2. The number of pyridine rings is 1. The molecular formula is C20H23N3O3. The first-order chi connectivity index (χ1) is 12.7. The van der Waals surface area contributed by atoms with Crippen LogP contribution in [0.3, 0.4) is 0 Å². The molecule has 0 unspecified atom stereocenters. The summed E-state index contributed by atoms with van der Waals surface area (Å²) in [5.41, 5.74) is 1.02. The number of hydrogen-bond donors (Lipinski definition) is 2. The van der Waals surface area contributed by atoms with Gasteiger partial charge >= 0.3 is 0 Å². The van der Waals surface area contributed by atoms with Crippen LogP contribution in [-0.2, 0) is 0 Å². The van der Waals surface area contributed by atoms with E-state index in [1.807, 2.05) is 18.2 Å². The van der Waals surface area contributed by atoms with Crippen molar-refractivity contribution in [3.63, 3.8) is 0 Å². The molecule has 1 aromatic heterocycles. The number of amides is 2. The Kier molecular flexibility index (Phi) is 6.19. The van der Waals surface area contributed by atoms with Gasteiger partial charge < -0.3 is 15.4 Å². The van der Waals surface area contributed by atoms with Crippen molar-refractivity contribution in [1.29, 1.82) is 0 Å². The van der Waals surface area contributed by atoms with Gasteiger partial charge in [0, 0.05) is 25.5 Å². The van der Waals surface area contributed by atoms with Crippen LogP contribution in [0, 0.1) is 0 Å². The lowest BCUT2D eigenvalue weighted by atomic mass is 10.2. The normalized spacial score (nSPS) is 14.0. The van der Waals surface area contributed by atoms with Gasteiger partial charge in [-0.25, -0.2) is 0 Å². The summed E-state index contributed by atoms with van der Waals surface area (Å²) in [4.78, 5) is 28.3. The monoisotopic (exact) mass is 353 g/mol. The number of benzene rings is 1. The Morgan fingerprint density at radius 1 is 1.00 bits per heavy atom. The van der Waals surface area contributed by atoms with Crippen LogP contribution in [0.15, 0.2) is 48.8 Å². The fraction of sp³-hybridized carbons (Fsp3) is 0.350. The third-order valence-electron chi connectivity index (χ3n) is 4.35. The predicted molar refractivity (Wildman–Crippen MR) is 98.2 cm³/mol. The van der Waals surface area contributed by atoms with Gasteiger partial charge in [-0.15, -0.1) is 0 Å². The van der Waals surface area contributed by atoms with Crippen LogP contribution in [0.1, 0.15) is 46.4 Å². The van der Waals surface area contributed by atoms with E-state index in [0.29, 0.717) is 30.0 Å². The van der Waals surface area contributed by atoms with E-state index in [1.165, 1.54) is 19.0 Å². The van der Waals surface area contributed by atoms with Crippen LogP contribution in [0.5, 0.6) is 5.75 Å². The number of para-hydroxylation sites is 1. The number of nitrogens with zero attached hydrogens (tertiary/aromatic N) is 1. The molecule has 1 aliphatic rings. The quantitative estimate of drug-likeness (QED) is 0.750. The number of ether oxygens (including phenoxy) is 1. The van der Waals surface area contributed by atoms with Gasteiger partial charge in [0.1, 0.15) is 5.75 Å². The summed E-state index contributed by atoms with van der Waals surface area (Å²) >= 11 is 0. The molecule has 2 aromatic rings. The number of nitrogens with one attached hydrogen (secondary N) is 2. The highest BCUT2D eigenvalue weighted by Gasteiger charge is 2.19. The van der Waals surface area contributed by atoms with Gasteiger partial charge in [0.15, 0.2) is 0 Å². The van der Waals surface area contributed by atoms with Crippen molar-refractivity contribution in [2.45, 2.75) is 31.8 Å². The number of rotatable bonds is 7. The van der Waals surface area contributed by atoms with Crippen molar-refractivity contribution < 1.29 is 14.3 Å². The highest BCUT2D eigenvalue weighted by atomic mass is 16.5. The van der Waals surface area contributed by atoms with Crippen LogP contribution in [0.4, 0.5) is 0 Å². The molecule has 0 aliphatic heterocycles. The van der Waals surface area contributed by atoms with E-state index in [9.17, 15) is 9.59 Å². The van der Waals surface area contributed by atoms with Gasteiger partial charge in [0.25, 0.3) is 11.8 Å². The predicted octanol–water partition coefficient (Wildman–Crippen LogP) is 2.56. The third kappa shape index (κ3) is 4.81. The van der Waals surface area contributed by atoms with Gasteiger partial charge in [-0.1, -0.05) is 12.1 Å². The van der Waals surface area contributed by atoms with E-state index in [2.05, 4.69) is 15.6 Å². The van der Waals surface area contributed by atoms with E-state index >= 15 is 0 Å². The molecule has 2 amide bonds. The Hall–Kier alpha value is -2.89. The summed E-state index contributed by atoms with van der Waals surface area (Å²) < 4.78 is 5.99. The topological polar surface area (TPSA) is 80.3 Å². The van der Waals surface area contributed by atoms with Gasteiger partial charge in [-0.05, 0) is 49.9 Å². The van der Waals surface area contributed by atoms with Crippen molar-refractivity contribution in [3.05, 3.63) is 59.9 Å². The lowest BCUT2D eigenvalue weighted by Crippen LogP contribution is -2.35. The minimum Gasteiger partial charge on any atom is -0.490 e. The van der Waals surface area contributed by atoms with Gasteiger partial charge in [-0.2, -0.15) is 0 Å². The van der Waals surface area contributed by atoms with E-state index in [1.54, 1.807) is 24.4 Å². The summed E-state index contributed by atoms with van der Waals surface area (Å²) in [5.74, 6) is 0.211. The van der Waals surface area contributed by atoms with Crippen LogP contribution in [-0.4, -0.2) is 36.0 Å². The zero-order valence-corrected chi connectivity index (χ0v) is 14.6. The summed E-state index contributed by atoms with van der Waals surface area (Å²) in [6.45, 7) is 0.674. The first kappa shape index (κ1) is 17.9. The van der Waals surface area contributed by atoms with E-state index < -0.39 is 0 Å². The van der Waals surface area contributed by atoms with Crippen molar-refractivity contribution in [2.75, 3.05) is 13.1 Å². The number of aromatic nitrogens is 1. The van der Waals surface area contributed by atoms with Gasteiger partial charge in [0.2, 0.25) is 0 Å². The third-order valence-corrected chi connectivity index (χ3v) is 4.35. The standard InChI is InChI=1S/C20H23N3O3/c24-19(15-6-5-11-21-14-15)22-12-13-23-20(25)17-9-3-4-10-18(17)26-16-7-1-2-8-16/h3-6,9-11,14,16H,1-2,7-8,12-13H2,(H,22,24)(H,23,25). The minimum absolute atomic E-state index is 0.197. The fourth-order valence-corrected chi connectivity index (χ4v) is 2.99. The van der Waals surface area contributed by atoms with Crippen molar-refractivity contribution >= 4 is 11.8 Å². The summed E-state index contributed by atoms with van der Waals surface area (Å²) in [6.07, 6.45) is 7.74. The Morgan fingerprint density at radius 3 is 2.46 bits per heavy atom. The van der Waals surface area contributed by atoms with E-state index in [0.717, 1.165) is 12.8 Å². The molecule has 1 heterocycles. The molecule has 2 N–H and O–H groups in total. The average Bonchev–Trinajstić information content (AvgIpc) is 3.19. The van der Waals surface area contributed by atoms with Crippen LogP contribution < -0.4 is 15.4 Å². The second-order valence-electron chi connectivity index (χ2n) is 6.27. The zero-order chi connectivity index (χ0) is 18.2. The molecule has 26 heavy (non-hydrogen) atoms. The Bertz CT molecular complexity index is 743. The summed E-state index contributed by atoms with van der Waals surface area (Å²) in [6, 6.07) is 10.7. The zero-order valence-electron chi connectivity index (χ0n) is 14.6. The molecule has 1 fully saturated rings. The van der Waals surface area contributed by atoms with Crippen LogP contribution in [0.2, 0.25) is 0 Å². The highest BCUT2D eigenvalue weighted by Crippen LogP contribution is 2.26. The van der Waals surface area contributed by atoms with Gasteiger partial charge in [-0.3, -0.25) is 14.6 Å². The molecule has 0 atom stereocenters. The maximum Gasteiger partial charge on any atom is 0.255 e. The van der Waals surface area contributed by atoms with Crippen LogP contribution in [0.25, 0.3) is 0 Å². The molecule has 3 rings (SSSR count). The Balaban J connectivity index is 1.48. The fourth-order valence-electron chi connectivity index (χ4n) is 2.99. The molecule has 0 saturated heterocycles. The first-order valence-corrected chi connectivity index (χ1v) is 8.96. The molecule has 0 bridgehead atoms. The second kappa shape index (κ2) is 8.99. The first-order valence-electron chi connectivity index (χ1n) is 8.96. The van der Waals surface area contributed by atoms with E-state index in [-0.39, 0.29) is 17.9 Å². The highest BCUT2D eigenvalue weighted by molar-refractivity contribution is 5.97. The molecular weight excluding hydrogens is 330 g/mol. The minimum atomic E-state index is -0.211. The lowest BCUT2D eigenvalue weighted by Gasteiger charge is -2.16.